The van der Waals surface area contributed by atoms with E-state index < -0.39 is 5.92 Å². The number of ether oxygens (including phenoxy) is 2. The Bertz CT molecular complexity index is 703. The second-order valence-corrected chi connectivity index (χ2v) is 8.69. The van der Waals surface area contributed by atoms with Crippen molar-refractivity contribution in [3.8, 4) is 0 Å². The highest BCUT2D eigenvalue weighted by molar-refractivity contribution is 5.81. The van der Waals surface area contributed by atoms with Gasteiger partial charge in [-0.2, -0.15) is 0 Å². The van der Waals surface area contributed by atoms with Gasteiger partial charge in [0.2, 0.25) is 0 Å². The first kappa shape index (κ1) is 19.6. The molecule has 1 aromatic carbocycles. The Kier molecular flexibility index (Phi) is 5.54. The lowest BCUT2D eigenvalue weighted by atomic mass is 9.96. The molecule has 0 amide bonds. The van der Waals surface area contributed by atoms with E-state index in [1.54, 1.807) is 0 Å². The van der Waals surface area contributed by atoms with E-state index in [9.17, 15) is 14.7 Å². The average Bonchev–Trinajstić information content (AvgIpc) is 3.40. The molecule has 3 aliphatic heterocycles. The number of epoxide rings is 1. The maximum absolute atomic E-state index is 12.7. The fraction of sp³-hybridized carbons (Fsp3) is 0.636. The molecule has 5 unspecified atom stereocenters. The molecule has 0 saturated carbocycles. The van der Waals surface area contributed by atoms with Crippen LogP contribution >= 0.6 is 0 Å². The van der Waals surface area contributed by atoms with E-state index in [-0.39, 0.29) is 48.8 Å². The molecule has 152 valence electrons. The van der Waals surface area contributed by atoms with Crippen molar-refractivity contribution in [2.24, 2.45) is 5.92 Å². The normalized spacial score (nSPS) is 32.1. The molecular formula is C22H29NO5. The van der Waals surface area contributed by atoms with Gasteiger partial charge in [-0.15, -0.1) is 0 Å². The van der Waals surface area contributed by atoms with Gasteiger partial charge >= 0.3 is 5.97 Å². The summed E-state index contributed by atoms with van der Waals surface area (Å²) in [6.45, 7) is 4.31. The van der Waals surface area contributed by atoms with Crippen molar-refractivity contribution in [3.63, 3.8) is 0 Å². The summed E-state index contributed by atoms with van der Waals surface area (Å²) in [4.78, 5) is 27.3. The molecule has 6 nitrogen and oxygen atoms in total. The maximum atomic E-state index is 12.7. The standard InChI is InChI=1S/C22H29NO5/c1-13(2)8-15(25)11-23-18-9-16(10-19(23)21-20(18)28-21)27-22(26)17(12-24)14-6-4-3-5-7-14/h3-7,13,16-21,24H,8-12H2,1-2H3. The molecule has 3 fully saturated rings. The maximum Gasteiger partial charge on any atom is 0.316 e. The smallest absolute Gasteiger partial charge is 0.316 e. The Labute approximate surface area is 165 Å². The molecule has 3 heterocycles. The summed E-state index contributed by atoms with van der Waals surface area (Å²) in [5.41, 5.74) is 0.765. The summed E-state index contributed by atoms with van der Waals surface area (Å²) in [5, 5.41) is 9.69. The van der Waals surface area contributed by atoms with Gasteiger partial charge in [-0.25, -0.2) is 0 Å². The van der Waals surface area contributed by atoms with Gasteiger partial charge in [-0.05, 0) is 11.5 Å². The van der Waals surface area contributed by atoms with E-state index >= 15 is 0 Å². The number of aliphatic hydroxyl groups excluding tert-OH is 1. The average molecular weight is 387 g/mol. The lowest BCUT2D eigenvalue weighted by molar-refractivity contribution is -0.157. The van der Waals surface area contributed by atoms with Gasteiger partial charge in [0, 0.05) is 31.3 Å². The SMILES string of the molecule is CC(C)CC(=O)CN1C2CC(OC(=O)C(CO)c3ccccc3)CC1C1OC12. The Balaban J connectivity index is 1.37. The van der Waals surface area contributed by atoms with E-state index in [1.165, 1.54) is 0 Å². The molecule has 0 spiro atoms. The summed E-state index contributed by atoms with van der Waals surface area (Å²) in [6.07, 6.45) is 2.12. The van der Waals surface area contributed by atoms with E-state index in [0.29, 0.717) is 31.7 Å². The summed E-state index contributed by atoms with van der Waals surface area (Å²) in [6, 6.07) is 9.52. The highest BCUT2D eigenvalue weighted by Crippen LogP contribution is 2.49. The number of nitrogens with zero attached hydrogens (tertiary/aromatic N) is 1. The van der Waals surface area contributed by atoms with E-state index in [2.05, 4.69) is 18.7 Å². The van der Waals surface area contributed by atoms with Crippen LogP contribution in [-0.2, 0) is 19.1 Å². The predicted octanol–water partition coefficient (Wildman–Crippen LogP) is 1.90. The molecule has 3 saturated heterocycles. The number of fused-ring (bicyclic) bond motifs is 5. The second-order valence-electron chi connectivity index (χ2n) is 8.69. The number of hydrogen-bond acceptors (Lipinski definition) is 6. The monoisotopic (exact) mass is 387 g/mol. The Morgan fingerprint density at radius 1 is 1.18 bits per heavy atom. The number of morpholine rings is 1. The van der Waals surface area contributed by atoms with Gasteiger partial charge in [0.1, 0.15) is 30.0 Å². The highest BCUT2D eigenvalue weighted by Gasteiger charge is 2.64. The summed E-state index contributed by atoms with van der Waals surface area (Å²) in [5.74, 6) is -0.402. The van der Waals surface area contributed by atoms with Crippen LogP contribution in [-0.4, -0.2) is 65.3 Å². The van der Waals surface area contributed by atoms with Crippen LogP contribution in [0.3, 0.4) is 0 Å². The van der Waals surface area contributed by atoms with Crippen molar-refractivity contribution < 1.29 is 24.2 Å². The first-order valence-electron chi connectivity index (χ1n) is 10.3. The molecule has 6 heteroatoms. The number of benzene rings is 1. The topological polar surface area (TPSA) is 79.4 Å². The molecule has 0 radical (unpaired) electrons. The van der Waals surface area contributed by atoms with Crippen LogP contribution in [0.15, 0.2) is 30.3 Å². The number of aliphatic hydroxyl groups is 1. The number of esters is 1. The number of carbonyl (C=O) groups is 2. The van der Waals surface area contributed by atoms with E-state index in [0.717, 1.165) is 5.56 Å². The Morgan fingerprint density at radius 2 is 1.82 bits per heavy atom. The van der Waals surface area contributed by atoms with E-state index in [4.69, 9.17) is 9.47 Å². The molecule has 1 N–H and O–H groups in total. The third-order valence-corrected chi connectivity index (χ3v) is 6.13. The minimum absolute atomic E-state index is 0.141. The molecule has 28 heavy (non-hydrogen) atoms. The van der Waals surface area contributed by atoms with Crippen LogP contribution in [0.4, 0.5) is 0 Å². The van der Waals surface area contributed by atoms with Gasteiger partial charge in [0.05, 0.1) is 13.2 Å². The zero-order chi connectivity index (χ0) is 19.8. The molecule has 1 aromatic rings. The highest BCUT2D eigenvalue weighted by atomic mass is 16.6. The Hall–Kier alpha value is -1.76. The molecule has 2 bridgehead atoms. The van der Waals surface area contributed by atoms with Gasteiger partial charge in [-0.3, -0.25) is 14.5 Å². The first-order chi connectivity index (χ1) is 13.5. The number of piperidine rings is 1. The molecule has 5 atom stereocenters. The van der Waals surface area contributed by atoms with Crippen molar-refractivity contribution in [2.45, 2.75) is 69.4 Å². The van der Waals surface area contributed by atoms with Crippen molar-refractivity contribution in [2.75, 3.05) is 13.2 Å². The minimum Gasteiger partial charge on any atom is -0.462 e. The fourth-order valence-corrected chi connectivity index (χ4v) is 4.85. The van der Waals surface area contributed by atoms with Crippen LogP contribution in [0.1, 0.15) is 44.6 Å². The molecule has 4 rings (SSSR count). The van der Waals surface area contributed by atoms with Crippen molar-refractivity contribution in [3.05, 3.63) is 35.9 Å². The predicted molar refractivity (Wildman–Crippen MR) is 103 cm³/mol. The number of hydrogen-bond donors (Lipinski definition) is 1. The van der Waals surface area contributed by atoms with Gasteiger partial charge in [-0.1, -0.05) is 44.2 Å². The fourth-order valence-electron chi connectivity index (χ4n) is 4.85. The molecular weight excluding hydrogens is 358 g/mol. The first-order valence-corrected chi connectivity index (χ1v) is 10.3. The largest absolute Gasteiger partial charge is 0.462 e. The lowest BCUT2D eigenvalue weighted by Crippen LogP contribution is -2.52. The second kappa shape index (κ2) is 7.93. The van der Waals surface area contributed by atoms with Crippen molar-refractivity contribution >= 4 is 11.8 Å². The summed E-state index contributed by atoms with van der Waals surface area (Å²) < 4.78 is 11.6. The Morgan fingerprint density at radius 3 is 2.39 bits per heavy atom. The third kappa shape index (κ3) is 3.86. The number of ketones is 1. The van der Waals surface area contributed by atoms with Crippen LogP contribution < -0.4 is 0 Å². The van der Waals surface area contributed by atoms with Crippen molar-refractivity contribution in [1.29, 1.82) is 0 Å². The van der Waals surface area contributed by atoms with Crippen LogP contribution in [0.5, 0.6) is 0 Å². The van der Waals surface area contributed by atoms with Crippen molar-refractivity contribution in [1.82, 2.24) is 4.90 Å². The van der Waals surface area contributed by atoms with Crippen LogP contribution in [0.25, 0.3) is 0 Å². The number of rotatable bonds is 8. The molecule has 3 aliphatic rings. The quantitative estimate of drug-likeness (QED) is 0.542. The molecule has 0 aromatic heterocycles. The van der Waals surface area contributed by atoms with Crippen LogP contribution in [0.2, 0.25) is 0 Å². The van der Waals surface area contributed by atoms with Gasteiger partial charge in [0.15, 0.2) is 0 Å². The number of carbonyl (C=O) groups excluding carboxylic acids is 2. The summed E-state index contributed by atoms with van der Waals surface area (Å²) in [7, 11) is 0. The minimum atomic E-state index is -0.657. The van der Waals surface area contributed by atoms with Gasteiger partial charge in [0.25, 0.3) is 0 Å². The van der Waals surface area contributed by atoms with Gasteiger partial charge < -0.3 is 14.6 Å². The van der Waals surface area contributed by atoms with E-state index in [1.807, 2.05) is 30.3 Å². The number of Topliss-reactive ketones (excluding diaryl/α,β-unsaturated/α-hetero) is 1. The summed E-state index contributed by atoms with van der Waals surface area (Å²) >= 11 is 0. The lowest BCUT2D eigenvalue weighted by Gasteiger charge is -2.40. The zero-order valence-electron chi connectivity index (χ0n) is 16.5. The molecule has 0 aliphatic carbocycles. The third-order valence-electron chi connectivity index (χ3n) is 6.13. The zero-order valence-corrected chi connectivity index (χ0v) is 16.5. The van der Waals surface area contributed by atoms with Crippen LogP contribution in [0, 0.1) is 5.92 Å².